The number of H-pyrrole nitrogens is 1. The van der Waals surface area contributed by atoms with Gasteiger partial charge in [-0.15, -0.1) is 0 Å². The third kappa shape index (κ3) is 5.12. The number of hydrogen-bond acceptors (Lipinski definition) is 3. The van der Waals surface area contributed by atoms with Crippen LogP contribution in [-0.4, -0.2) is 22.3 Å². The van der Waals surface area contributed by atoms with E-state index in [-0.39, 0.29) is 23.1 Å². The molecule has 1 unspecified atom stereocenters. The second-order valence-electron chi connectivity index (χ2n) is 8.13. The van der Waals surface area contributed by atoms with Crippen LogP contribution in [0.15, 0.2) is 71.5 Å². The van der Waals surface area contributed by atoms with Crippen molar-refractivity contribution in [2.75, 3.05) is 6.54 Å². The van der Waals surface area contributed by atoms with Gasteiger partial charge in [0.25, 0.3) is 11.5 Å². The number of aromatic amines is 1. The summed E-state index contributed by atoms with van der Waals surface area (Å²) in [5.41, 5.74) is 4.31. The predicted octanol–water partition coefficient (Wildman–Crippen LogP) is 4.20. The Morgan fingerprint density at radius 3 is 2.58 bits per heavy atom. The molecule has 160 valence electrons. The smallest absolute Gasteiger partial charge is 0.261 e. The molecule has 1 aliphatic rings. The molecule has 5 nitrogen and oxygen atoms in total. The average molecular weight is 416 g/mol. The number of pyridine rings is 1. The number of carbonyl (C=O) groups is 1. The van der Waals surface area contributed by atoms with E-state index in [1.807, 2.05) is 36.4 Å². The van der Waals surface area contributed by atoms with Crippen molar-refractivity contribution < 1.29 is 4.79 Å². The number of hydrogen-bond donors (Lipinski definition) is 2. The fourth-order valence-electron chi connectivity index (χ4n) is 4.29. The van der Waals surface area contributed by atoms with Crippen LogP contribution in [-0.2, 0) is 19.5 Å². The summed E-state index contributed by atoms with van der Waals surface area (Å²) in [6.45, 7) is 4.40. The molecule has 2 N–H and O–H groups in total. The zero-order chi connectivity index (χ0) is 21.6. The van der Waals surface area contributed by atoms with Crippen LogP contribution in [0.4, 0.5) is 0 Å². The molecular weight excluding hydrogens is 386 g/mol. The first-order valence-corrected chi connectivity index (χ1v) is 11.0. The van der Waals surface area contributed by atoms with Crippen LogP contribution >= 0.6 is 0 Å². The largest absolute Gasteiger partial charge is 0.345 e. The van der Waals surface area contributed by atoms with E-state index >= 15 is 0 Å². The molecule has 5 heteroatoms. The summed E-state index contributed by atoms with van der Waals surface area (Å²) < 4.78 is 0. The third-order valence-electron chi connectivity index (χ3n) is 5.98. The Morgan fingerprint density at radius 2 is 1.81 bits per heavy atom. The number of aromatic nitrogens is 1. The van der Waals surface area contributed by atoms with Gasteiger partial charge in [-0.1, -0.05) is 61.5 Å². The lowest BCUT2D eigenvalue weighted by molar-refractivity contribution is 0.0931. The van der Waals surface area contributed by atoms with Gasteiger partial charge in [0, 0.05) is 18.8 Å². The minimum atomic E-state index is -0.338. The van der Waals surface area contributed by atoms with Crippen molar-refractivity contribution in [1.82, 2.24) is 15.2 Å². The summed E-state index contributed by atoms with van der Waals surface area (Å²) in [6.07, 6.45) is 2.96. The Bertz CT molecular complexity index is 1090. The van der Waals surface area contributed by atoms with E-state index in [4.69, 9.17) is 0 Å². The highest BCUT2D eigenvalue weighted by atomic mass is 16.2. The van der Waals surface area contributed by atoms with Crippen LogP contribution in [0.25, 0.3) is 0 Å². The van der Waals surface area contributed by atoms with Crippen molar-refractivity contribution in [3.8, 4) is 0 Å². The molecule has 0 fully saturated rings. The van der Waals surface area contributed by atoms with Crippen molar-refractivity contribution >= 4 is 5.91 Å². The van der Waals surface area contributed by atoms with Crippen LogP contribution in [0.3, 0.4) is 0 Å². The highest BCUT2D eigenvalue weighted by Gasteiger charge is 2.23. The summed E-state index contributed by atoms with van der Waals surface area (Å²) >= 11 is 0. The summed E-state index contributed by atoms with van der Waals surface area (Å²) in [5, 5.41) is 3.07. The van der Waals surface area contributed by atoms with E-state index in [9.17, 15) is 9.59 Å². The van der Waals surface area contributed by atoms with Gasteiger partial charge >= 0.3 is 0 Å². The lowest BCUT2D eigenvalue weighted by Gasteiger charge is -2.26. The Morgan fingerprint density at radius 1 is 1.03 bits per heavy atom. The molecule has 1 aliphatic carbocycles. The maximum atomic E-state index is 12.8. The van der Waals surface area contributed by atoms with Gasteiger partial charge in [-0.3, -0.25) is 14.5 Å². The van der Waals surface area contributed by atoms with Gasteiger partial charge < -0.3 is 10.3 Å². The minimum Gasteiger partial charge on any atom is -0.345 e. The molecule has 1 aromatic heterocycles. The molecule has 2 aromatic carbocycles. The number of benzene rings is 2. The van der Waals surface area contributed by atoms with Crippen molar-refractivity contribution in [1.29, 1.82) is 0 Å². The number of rotatable bonds is 7. The minimum absolute atomic E-state index is 0.0435. The first-order chi connectivity index (χ1) is 15.1. The standard InChI is InChI=1S/C26H29N3O2/c1-2-29(17-19-9-4-3-5-10-19)18-21-15-16-23(25(30)27-21)26(31)28-24-14-8-12-20-11-6-7-13-22(20)24/h3-7,9-11,13,15-16,24H,2,8,12,14,17-18H2,1H3,(H,27,30)(H,28,31). The summed E-state index contributed by atoms with van der Waals surface area (Å²) in [5.74, 6) is -0.314. The highest BCUT2D eigenvalue weighted by Crippen LogP contribution is 2.29. The van der Waals surface area contributed by atoms with Crippen molar-refractivity contribution in [2.45, 2.75) is 45.3 Å². The molecule has 0 radical (unpaired) electrons. The topological polar surface area (TPSA) is 65.2 Å². The zero-order valence-corrected chi connectivity index (χ0v) is 17.9. The molecule has 1 heterocycles. The average Bonchev–Trinajstić information content (AvgIpc) is 2.79. The molecule has 0 bridgehead atoms. The summed E-state index contributed by atoms with van der Waals surface area (Å²) in [4.78, 5) is 30.6. The maximum Gasteiger partial charge on any atom is 0.261 e. The van der Waals surface area contributed by atoms with Crippen molar-refractivity contribution in [3.05, 3.63) is 105 Å². The van der Waals surface area contributed by atoms with E-state index in [0.717, 1.165) is 43.6 Å². The van der Waals surface area contributed by atoms with Gasteiger partial charge in [-0.25, -0.2) is 0 Å². The summed E-state index contributed by atoms with van der Waals surface area (Å²) in [6, 6.07) is 21.9. The monoisotopic (exact) mass is 415 g/mol. The molecule has 31 heavy (non-hydrogen) atoms. The van der Waals surface area contributed by atoms with Gasteiger partial charge in [0.05, 0.1) is 6.04 Å². The Hall–Kier alpha value is -3.18. The zero-order valence-electron chi connectivity index (χ0n) is 17.9. The molecule has 3 aromatic rings. The second kappa shape index (κ2) is 9.75. The summed E-state index contributed by atoms with van der Waals surface area (Å²) in [7, 11) is 0. The number of fused-ring (bicyclic) bond motifs is 1. The highest BCUT2D eigenvalue weighted by molar-refractivity contribution is 5.94. The maximum absolute atomic E-state index is 12.8. The number of carbonyl (C=O) groups excluding carboxylic acids is 1. The fourth-order valence-corrected chi connectivity index (χ4v) is 4.29. The van der Waals surface area contributed by atoms with E-state index in [0.29, 0.717) is 6.54 Å². The molecule has 1 atom stereocenters. The Balaban J connectivity index is 1.44. The third-order valence-corrected chi connectivity index (χ3v) is 5.98. The van der Waals surface area contributed by atoms with Gasteiger partial charge in [0.15, 0.2) is 0 Å². The van der Waals surface area contributed by atoms with Crippen LogP contribution in [0.2, 0.25) is 0 Å². The second-order valence-corrected chi connectivity index (χ2v) is 8.13. The van der Waals surface area contributed by atoms with E-state index < -0.39 is 0 Å². The van der Waals surface area contributed by atoms with E-state index in [1.165, 1.54) is 11.1 Å². The van der Waals surface area contributed by atoms with Crippen molar-refractivity contribution in [3.63, 3.8) is 0 Å². The fraction of sp³-hybridized carbons (Fsp3) is 0.308. The Labute approximate surface area is 183 Å². The first kappa shape index (κ1) is 21.1. The van der Waals surface area contributed by atoms with Crippen LogP contribution < -0.4 is 10.9 Å². The Kier molecular flexibility index (Phi) is 6.63. The number of nitrogens with one attached hydrogen (secondary N) is 2. The van der Waals surface area contributed by atoms with Crippen LogP contribution in [0.5, 0.6) is 0 Å². The van der Waals surface area contributed by atoms with Gasteiger partial charge in [-0.2, -0.15) is 0 Å². The van der Waals surface area contributed by atoms with E-state index in [2.05, 4.69) is 46.4 Å². The molecule has 0 saturated heterocycles. The van der Waals surface area contributed by atoms with Gasteiger partial charge in [-0.05, 0) is 54.6 Å². The van der Waals surface area contributed by atoms with Gasteiger partial charge in [0.1, 0.15) is 5.56 Å². The van der Waals surface area contributed by atoms with Gasteiger partial charge in [0.2, 0.25) is 0 Å². The van der Waals surface area contributed by atoms with Crippen molar-refractivity contribution in [2.24, 2.45) is 0 Å². The molecule has 1 amide bonds. The van der Waals surface area contributed by atoms with E-state index in [1.54, 1.807) is 6.07 Å². The quantitative estimate of drug-likeness (QED) is 0.608. The number of amides is 1. The normalized spacial score (nSPS) is 15.5. The number of nitrogens with zero attached hydrogens (tertiary/aromatic N) is 1. The molecular formula is C26H29N3O2. The van der Waals surface area contributed by atoms with Crippen LogP contribution in [0, 0.1) is 0 Å². The lowest BCUT2D eigenvalue weighted by Crippen LogP contribution is -2.34. The lowest BCUT2D eigenvalue weighted by atomic mass is 9.87. The molecule has 4 rings (SSSR count). The molecule has 0 aliphatic heterocycles. The van der Waals surface area contributed by atoms with Crippen LogP contribution in [0.1, 0.15) is 58.5 Å². The first-order valence-electron chi connectivity index (χ1n) is 11.0. The molecule has 0 saturated carbocycles. The molecule has 0 spiro atoms. The predicted molar refractivity (Wildman–Crippen MR) is 123 cm³/mol. The SMILES string of the molecule is CCN(Cc1ccccc1)Cc1ccc(C(=O)NC2CCCc3ccccc32)c(=O)[nH]1. The number of aryl methyl sites for hydroxylation is 1.